The summed E-state index contributed by atoms with van der Waals surface area (Å²) in [5.74, 6) is 1.75. The summed E-state index contributed by atoms with van der Waals surface area (Å²) in [6.07, 6.45) is 0. The van der Waals surface area contributed by atoms with Gasteiger partial charge >= 0.3 is 0 Å². The SMILES string of the molecule is COc1ccc2c(c1)cc1c(c3cc(OC)ccc3n1C)[n+]2C.[I-]. The molecule has 24 heavy (non-hydrogen) atoms. The molecule has 0 aliphatic rings. The van der Waals surface area contributed by atoms with Gasteiger partial charge in [-0.2, -0.15) is 4.57 Å². The zero-order valence-corrected chi connectivity index (χ0v) is 16.3. The van der Waals surface area contributed by atoms with Gasteiger partial charge in [0.1, 0.15) is 24.1 Å². The lowest BCUT2D eigenvalue weighted by atomic mass is 10.1. The Morgan fingerprint density at radius 1 is 0.875 bits per heavy atom. The minimum absolute atomic E-state index is 0. The second kappa shape index (κ2) is 6.12. The standard InChI is InChI=1S/C19H19N2O2.HI/c1-20-17-8-6-14(23-4)11-15(17)19-18(20)10-12-9-13(22-3)5-7-16(12)21(19)2;/h5-11H,1-4H3;1H/q+1;/p-1. The lowest BCUT2D eigenvalue weighted by molar-refractivity contribution is -0.616. The highest BCUT2D eigenvalue weighted by Crippen LogP contribution is 2.31. The van der Waals surface area contributed by atoms with Crippen LogP contribution in [-0.4, -0.2) is 18.8 Å². The molecule has 0 unspecified atom stereocenters. The Balaban J connectivity index is 0.00000169. The summed E-state index contributed by atoms with van der Waals surface area (Å²) in [7, 11) is 7.61. The molecule has 0 radical (unpaired) electrons. The number of fused-ring (bicyclic) bond motifs is 4. The molecule has 0 atom stereocenters. The maximum absolute atomic E-state index is 5.40. The van der Waals surface area contributed by atoms with Gasteiger partial charge in [0, 0.05) is 13.1 Å². The molecule has 0 bridgehead atoms. The molecule has 4 nitrogen and oxygen atoms in total. The summed E-state index contributed by atoms with van der Waals surface area (Å²) in [5, 5.41) is 2.36. The molecule has 4 rings (SSSR count). The van der Waals surface area contributed by atoms with Crippen LogP contribution in [0, 0.1) is 0 Å². The predicted molar refractivity (Wildman–Crippen MR) is 92.2 cm³/mol. The molecule has 0 saturated heterocycles. The highest BCUT2D eigenvalue weighted by atomic mass is 127. The van der Waals surface area contributed by atoms with Crippen molar-refractivity contribution in [1.29, 1.82) is 0 Å². The van der Waals surface area contributed by atoms with E-state index in [0.29, 0.717) is 0 Å². The summed E-state index contributed by atoms with van der Waals surface area (Å²) >= 11 is 0. The van der Waals surface area contributed by atoms with Crippen LogP contribution in [0.25, 0.3) is 32.8 Å². The highest BCUT2D eigenvalue weighted by molar-refractivity contribution is 6.06. The van der Waals surface area contributed by atoms with Gasteiger partial charge in [-0.25, -0.2) is 0 Å². The first-order valence-corrected chi connectivity index (χ1v) is 7.57. The van der Waals surface area contributed by atoms with Crippen LogP contribution in [0.15, 0.2) is 42.5 Å². The molecule has 124 valence electrons. The summed E-state index contributed by atoms with van der Waals surface area (Å²) in [6.45, 7) is 0. The topological polar surface area (TPSA) is 27.3 Å². The van der Waals surface area contributed by atoms with Gasteiger partial charge in [0.25, 0.3) is 0 Å². The molecule has 0 aliphatic carbocycles. The number of hydrogen-bond donors (Lipinski definition) is 0. The lowest BCUT2D eigenvalue weighted by Crippen LogP contribution is -3.00. The first-order chi connectivity index (χ1) is 11.1. The zero-order chi connectivity index (χ0) is 16.1. The van der Waals surface area contributed by atoms with E-state index >= 15 is 0 Å². The van der Waals surface area contributed by atoms with Crippen molar-refractivity contribution in [2.45, 2.75) is 0 Å². The van der Waals surface area contributed by atoms with Crippen LogP contribution in [0.2, 0.25) is 0 Å². The number of ether oxygens (including phenoxy) is 2. The van der Waals surface area contributed by atoms with Crippen LogP contribution in [-0.2, 0) is 14.1 Å². The van der Waals surface area contributed by atoms with E-state index in [0.717, 1.165) is 16.9 Å². The molecule has 0 spiro atoms. The van der Waals surface area contributed by atoms with Crippen molar-refractivity contribution in [1.82, 2.24) is 4.57 Å². The summed E-state index contributed by atoms with van der Waals surface area (Å²) in [5.41, 5.74) is 4.77. The second-order valence-corrected chi connectivity index (χ2v) is 5.80. The van der Waals surface area contributed by atoms with Gasteiger partial charge in [0.15, 0.2) is 0 Å². The van der Waals surface area contributed by atoms with Crippen LogP contribution in [0.5, 0.6) is 11.5 Å². The molecule has 0 aliphatic heterocycles. The Labute approximate surface area is 157 Å². The van der Waals surface area contributed by atoms with Gasteiger partial charge in [-0.1, -0.05) is 0 Å². The van der Waals surface area contributed by atoms with Gasteiger partial charge in [-0.05, 0) is 36.4 Å². The fourth-order valence-corrected chi connectivity index (χ4v) is 3.42. The summed E-state index contributed by atoms with van der Waals surface area (Å²) in [4.78, 5) is 0. The molecule has 4 aromatic rings. The Morgan fingerprint density at radius 3 is 2.25 bits per heavy atom. The van der Waals surface area contributed by atoms with Gasteiger partial charge in [-0.3, -0.25) is 0 Å². The van der Waals surface area contributed by atoms with Gasteiger partial charge in [0.05, 0.1) is 30.5 Å². The Morgan fingerprint density at radius 2 is 1.54 bits per heavy atom. The number of pyridine rings is 1. The predicted octanol–water partition coefficient (Wildman–Crippen LogP) is 0.330. The van der Waals surface area contributed by atoms with E-state index in [2.05, 4.69) is 53.6 Å². The highest BCUT2D eigenvalue weighted by Gasteiger charge is 2.20. The van der Waals surface area contributed by atoms with Crippen molar-refractivity contribution in [2.75, 3.05) is 14.2 Å². The van der Waals surface area contributed by atoms with Crippen molar-refractivity contribution >= 4 is 32.8 Å². The Kier molecular flexibility index (Phi) is 4.29. The largest absolute Gasteiger partial charge is 1.00 e. The van der Waals surface area contributed by atoms with Gasteiger partial charge < -0.3 is 38.0 Å². The van der Waals surface area contributed by atoms with Crippen LogP contribution in [0.1, 0.15) is 0 Å². The Hall–Kier alpha value is -2.02. The van der Waals surface area contributed by atoms with Crippen molar-refractivity contribution in [3.8, 4) is 11.5 Å². The van der Waals surface area contributed by atoms with Crippen molar-refractivity contribution in [3.05, 3.63) is 42.5 Å². The molecule has 2 aromatic carbocycles. The third-order valence-electron chi connectivity index (χ3n) is 4.65. The van der Waals surface area contributed by atoms with Gasteiger partial charge in [0.2, 0.25) is 11.0 Å². The molecule has 0 fully saturated rings. The maximum atomic E-state index is 5.40. The van der Waals surface area contributed by atoms with E-state index in [4.69, 9.17) is 9.47 Å². The molecule has 5 heteroatoms. The minimum atomic E-state index is 0. The van der Waals surface area contributed by atoms with E-state index in [-0.39, 0.29) is 24.0 Å². The number of aromatic nitrogens is 2. The van der Waals surface area contributed by atoms with Crippen LogP contribution >= 0.6 is 0 Å². The number of methoxy groups -OCH3 is 2. The van der Waals surface area contributed by atoms with Crippen molar-refractivity contribution in [3.63, 3.8) is 0 Å². The van der Waals surface area contributed by atoms with Crippen LogP contribution in [0.4, 0.5) is 0 Å². The maximum Gasteiger partial charge on any atom is 0.238 e. The quantitative estimate of drug-likeness (QED) is 0.336. The third-order valence-corrected chi connectivity index (χ3v) is 4.65. The minimum Gasteiger partial charge on any atom is -1.00 e. The van der Waals surface area contributed by atoms with E-state index in [1.807, 2.05) is 12.1 Å². The fourth-order valence-electron chi connectivity index (χ4n) is 3.42. The molecular weight excluding hydrogens is 415 g/mol. The van der Waals surface area contributed by atoms with Gasteiger partial charge in [-0.15, -0.1) is 0 Å². The number of rotatable bonds is 2. The molecule has 0 amide bonds. The van der Waals surface area contributed by atoms with E-state index < -0.39 is 0 Å². The first kappa shape index (κ1) is 16.8. The fraction of sp³-hybridized carbons (Fsp3) is 0.211. The molecule has 2 aromatic heterocycles. The smallest absolute Gasteiger partial charge is 0.238 e. The van der Waals surface area contributed by atoms with Crippen LogP contribution in [0.3, 0.4) is 0 Å². The molecule has 2 heterocycles. The number of aryl methyl sites for hydroxylation is 2. The average Bonchev–Trinajstić information content (AvgIpc) is 2.86. The van der Waals surface area contributed by atoms with Crippen molar-refractivity contribution in [2.24, 2.45) is 14.1 Å². The van der Waals surface area contributed by atoms with E-state index in [1.54, 1.807) is 14.2 Å². The summed E-state index contributed by atoms with van der Waals surface area (Å²) < 4.78 is 15.2. The second-order valence-electron chi connectivity index (χ2n) is 5.80. The molecular formula is C19H19IN2O2. The number of hydrogen-bond acceptors (Lipinski definition) is 2. The molecule has 0 N–H and O–H groups in total. The average molecular weight is 434 g/mol. The van der Waals surface area contributed by atoms with E-state index in [1.165, 1.54) is 27.5 Å². The number of benzene rings is 2. The van der Waals surface area contributed by atoms with Crippen molar-refractivity contribution < 1.29 is 38.0 Å². The normalized spacial score (nSPS) is 11.0. The monoisotopic (exact) mass is 434 g/mol. The lowest BCUT2D eigenvalue weighted by Gasteiger charge is -2.03. The summed E-state index contributed by atoms with van der Waals surface area (Å²) in [6, 6.07) is 14.6. The number of halogens is 1. The van der Waals surface area contributed by atoms with Crippen LogP contribution < -0.4 is 38.0 Å². The first-order valence-electron chi connectivity index (χ1n) is 7.57. The molecule has 0 saturated carbocycles. The zero-order valence-electron chi connectivity index (χ0n) is 14.1. The number of nitrogens with zero attached hydrogens (tertiary/aromatic N) is 2. The third kappa shape index (κ3) is 2.30. The van der Waals surface area contributed by atoms with E-state index in [9.17, 15) is 0 Å². The Bertz CT molecular complexity index is 1070.